The van der Waals surface area contributed by atoms with E-state index in [0.29, 0.717) is 5.92 Å². The zero-order valence-electron chi connectivity index (χ0n) is 9.97. The molecular formula is C14H19F. The summed E-state index contributed by atoms with van der Waals surface area (Å²) in [5, 5.41) is 0. The molecule has 1 aromatic carbocycles. The lowest BCUT2D eigenvalue weighted by atomic mass is 9.96. The summed E-state index contributed by atoms with van der Waals surface area (Å²) in [6.07, 6.45) is 0. The summed E-state index contributed by atoms with van der Waals surface area (Å²) in [5.74, 6) is 0.102. The lowest BCUT2D eigenvalue weighted by Crippen LogP contribution is -1.92. The fraction of sp³-hybridized carbons (Fsp3) is 0.357. The minimum absolute atomic E-state index is 0.217. The third-order valence-corrected chi connectivity index (χ3v) is 1.90. The van der Waals surface area contributed by atoms with Crippen molar-refractivity contribution in [1.82, 2.24) is 0 Å². The molecule has 0 fully saturated rings. The SMILES string of the molecule is C=C=C(c1cccc(F)c1)C(C)C.CC. The fourth-order valence-electron chi connectivity index (χ4n) is 1.30. The van der Waals surface area contributed by atoms with E-state index in [2.05, 4.69) is 12.3 Å². The summed E-state index contributed by atoms with van der Waals surface area (Å²) in [6, 6.07) is 6.51. The number of hydrogen-bond donors (Lipinski definition) is 0. The van der Waals surface area contributed by atoms with E-state index in [4.69, 9.17) is 0 Å². The van der Waals surface area contributed by atoms with E-state index in [0.717, 1.165) is 11.1 Å². The maximum absolute atomic E-state index is 12.9. The van der Waals surface area contributed by atoms with E-state index >= 15 is 0 Å². The number of allylic oxidation sites excluding steroid dienone is 1. The van der Waals surface area contributed by atoms with Gasteiger partial charge in [0.05, 0.1) is 0 Å². The van der Waals surface area contributed by atoms with E-state index in [9.17, 15) is 4.39 Å². The number of rotatable bonds is 2. The maximum atomic E-state index is 12.9. The molecule has 0 heterocycles. The normalized spacial score (nSPS) is 8.93. The van der Waals surface area contributed by atoms with Crippen LogP contribution in [0, 0.1) is 11.7 Å². The first-order valence-electron chi connectivity index (χ1n) is 5.31. The van der Waals surface area contributed by atoms with Crippen molar-refractivity contribution in [3.63, 3.8) is 0 Å². The van der Waals surface area contributed by atoms with Crippen molar-refractivity contribution in [2.75, 3.05) is 0 Å². The largest absolute Gasteiger partial charge is 0.207 e. The second-order valence-corrected chi connectivity index (χ2v) is 3.26. The zero-order valence-corrected chi connectivity index (χ0v) is 9.97. The van der Waals surface area contributed by atoms with Crippen LogP contribution in [-0.4, -0.2) is 0 Å². The van der Waals surface area contributed by atoms with Crippen LogP contribution < -0.4 is 0 Å². The standard InChI is InChI=1S/C12H13F.C2H6/c1-4-12(9(2)3)10-6-5-7-11(13)8-10;1-2/h5-9H,1H2,2-3H3;1-2H3. The maximum Gasteiger partial charge on any atom is 0.123 e. The van der Waals surface area contributed by atoms with Gasteiger partial charge in [-0.25, -0.2) is 4.39 Å². The highest BCUT2D eigenvalue weighted by atomic mass is 19.1. The van der Waals surface area contributed by atoms with Gasteiger partial charge in [-0.3, -0.25) is 0 Å². The first-order chi connectivity index (χ1) is 7.15. The molecule has 0 aliphatic carbocycles. The topological polar surface area (TPSA) is 0 Å². The molecule has 1 rings (SSSR count). The minimum atomic E-state index is -0.217. The first-order valence-corrected chi connectivity index (χ1v) is 5.31. The van der Waals surface area contributed by atoms with Gasteiger partial charge in [-0.15, -0.1) is 5.73 Å². The Morgan fingerprint density at radius 2 is 1.93 bits per heavy atom. The molecule has 0 saturated carbocycles. The quantitative estimate of drug-likeness (QED) is 0.616. The lowest BCUT2D eigenvalue weighted by Gasteiger charge is -2.08. The smallest absolute Gasteiger partial charge is 0.123 e. The van der Waals surface area contributed by atoms with Gasteiger partial charge >= 0.3 is 0 Å². The second-order valence-electron chi connectivity index (χ2n) is 3.26. The highest BCUT2D eigenvalue weighted by Gasteiger charge is 2.05. The molecule has 0 aliphatic rings. The highest BCUT2D eigenvalue weighted by Crippen LogP contribution is 2.21. The predicted molar refractivity (Wildman–Crippen MR) is 65.1 cm³/mol. The molecule has 0 amide bonds. The molecule has 0 N–H and O–H groups in total. The Bertz CT molecular complexity index is 344. The van der Waals surface area contributed by atoms with Gasteiger partial charge in [0.15, 0.2) is 0 Å². The summed E-state index contributed by atoms with van der Waals surface area (Å²) in [4.78, 5) is 0. The molecule has 0 unspecified atom stereocenters. The molecule has 0 bridgehead atoms. The fourth-order valence-corrected chi connectivity index (χ4v) is 1.30. The molecule has 0 aromatic heterocycles. The van der Waals surface area contributed by atoms with Crippen LogP contribution in [0.25, 0.3) is 5.57 Å². The Morgan fingerprint density at radius 1 is 1.33 bits per heavy atom. The van der Waals surface area contributed by atoms with Crippen LogP contribution in [0.5, 0.6) is 0 Å². The van der Waals surface area contributed by atoms with Gasteiger partial charge in [-0.05, 0) is 23.6 Å². The molecule has 0 saturated heterocycles. The van der Waals surface area contributed by atoms with Gasteiger partial charge in [0, 0.05) is 5.57 Å². The average molecular weight is 206 g/mol. The molecule has 0 aliphatic heterocycles. The molecule has 82 valence electrons. The number of halogens is 1. The molecule has 0 nitrogen and oxygen atoms in total. The van der Waals surface area contributed by atoms with Crippen molar-refractivity contribution in [3.05, 3.63) is 48.0 Å². The second kappa shape index (κ2) is 7.03. The van der Waals surface area contributed by atoms with Crippen molar-refractivity contribution in [2.45, 2.75) is 27.7 Å². The summed E-state index contributed by atoms with van der Waals surface area (Å²) in [7, 11) is 0. The molecule has 15 heavy (non-hydrogen) atoms. The number of hydrogen-bond acceptors (Lipinski definition) is 0. The van der Waals surface area contributed by atoms with E-state index in [1.54, 1.807) is 6.07 Å². The Morgan fingerprint density at radius 3 is 2.33 bits per heavy atom. The molecule has 0 atom stereocenters. The van der Waals surface area contributed by atoms with Crippen LogP contribution in [0.1, 0.15) is 33.3 Å². The van der Waals surface area contributed by atoms with Gasteiger partial charge in [-0.1, -0.05) is 46.4 Å². The summed E-state index contributed by atoms with van der Waals surface area (Å²) >= 11 is 0. The number of benzene rings is 1. The van der Waals surface area contributed by atoms with Gasteiger partial charge in [0.1, 0.15) is 5.82 Å². The minimum Gasteiger partial charge on any atom is -0.207 e. The van der Waals surface area contributed by atoms with Crippen LogP contribution in [0.4, 0.5) is 4.39 Å². The molecule has 1 aromatic rings. The molecule has 1 heteroatoms. The summed E-state index contributed by atoms with van der Waals surface area (Å²) < 4.78 is 12.9. The van der Waals surface area contributed by atoms with Crippen molar-refractivity contribution in [2.24, 2.45) is 5.92 Å². The lowest BCUT2D eigenvalue weighted by molar-refractivity contribution is 0.627. The van der Waals surface area contributed by atoms with Crippen LogP contribution in [-0.2, 0) is 0 Å². The Hall–Kier alpha value is -1.33. The van der Waals surface area contributed by atoms with Crippen LogP contribution in [0.15, 0.2) is 36.6 Å². The highest BCUT2D eigenvalue weighted by molar-refractivity contribution is 5.65. The van der Waals surface area contributed by atoms with Crippen molar-refractivity contribution < 1.29 is 4.39 Å². The van der Waals surface area contributed by atoms with E-state index in [1.807, 2.05) is 33.8 Å². The van der Waals surface area contributed by atoms with E-state index < -0.39 is 0 Å². The van der Waals surface area contributed by atoms with E-state index in [1.165, 1.54) is 12.1 Å². The average Bonchev–Trinajstić information content (AvgIpc) is 2.21. The Labute approximate surface area is 92.1 Å². The van der Waals surface area contributed by atoms with Gasteiger partial charge < -0.3 is 0 Å². The van der Waals surface area contributed by atoms with Crippen molar-refractivity contribution >= 4 is 5.57 Å². The monoisotopic (exact) mass is 206 g/mol. The van der Waals surface area contributed by atoms with E-state index in [-0.39, 0.29) is 5.82 Å². The summed E-state index contributed by atoms with van der Waals surface area (Å²) in [5.41, 5.74) is 4.67. The third-order valence-electron chi connectivity index (χ3n) is 1.90. The first kappa shape index (κ1) is 13.7. The molecule has 0 spiro atoms. The third kappa shape index (κ3) is 4.14. The van der Waals surface area contributed by atoms with Crippen molar-refractivity contribution in [3.8, 4) is 0 Å². The molecule has 0 radical (unpaired) electrons. The Kier molecular flexibility index (Phi) is 6.40. The van der Waals surface area contributed by atoms with Crippen LogP contribution in [0.2, 0.25) is 0 Å². The van der Waals surface area contributed by atoms with Gasteiger partial charge in [-0.2, -0.15) is 0 Å². The van der Waals surface area contributed by atoms with Crippen LogP contribution in [0.3, 0.4) is 0 Å². The van der Waals surface area contributed by atoms with Gasteiger partial charge in [0.2, 0.25) is 0 Å². The summed E-state index contributed by atoms with van der Waals surface area (Å²) in [6.45, 7) is 11.7. The molecular weight excluding hydrogens is 187 g/mol. The van der Waals surface area contributed by atoms with Gasteiger partial charge in [0.25, 0.3) is 0 Å². The predicted octanol–water partition coefficient (Wildman–Crippen LogP) is 4.68. The zero-order chi connectivity index (χ0) is 11.8. The van der Waals surface area contributed by atoms with Crippen LogP contribution >= 0.6 is 0 Å². The Balaban J connectivity index is 0.000000921. The van der Waals surface area contributed by atoms with Crippen molar-refractivity contribution in [1.29, 1.82) is 0 Å².